The highest BCUT2D eigenvalue weighted by molar-refractivity contribution is 7.99. The average Bonchev–Trinajstić information content (AvgIpc) is 2.35. The maximum Gasteiger partial charge on any atom is 0.251 e. The van der Waals surface area contributed by atoms with E-state index >= 15 is 0 Å². The van der Waals surface area contributed by atoms with Crippen LogP contribution in [0.3, 0.4) is 0 Å². The van der Waals surface area contributed by atoms with Crippen molar-refractivity contribution in [2.75, 3.05) is 12.3 Å². The van der Waals surface area contributed by atoms with Gasteiger partial charge in [0.1, 0.15) is 0 Å². The number of nitrogens with one attached hydrogen (secondary N) is 1. The maximum absolute atomic E-state index is 12.0. The van der Waals surface area contributed by atoms with Gasteiger partial charge in [-0.15, -0.1) is 11.8 Å². The topological polar surface area (TPSA) is 49.3 Å². The number of carbonyl (C=O) groups is 1. The summed E-state index contributed by atoms with van der Waals surface area (Å²) >= 11 is 1.71. The van der Waals surface area contributed by atoms with E-state index in [9.17, 15) is 9.90 Å². The van der Waals surface area contributed by atoms with Gasteiger partial charge in [-0.3, -0.25) is 4.79 Å². The Kier molecular flexibility index (Phi) is 5.88. The molecule has 0 saturated heterocycles. The second kappa shape index (κ2) is 6.96. The lowest BCUT2D eigenvalue weighted by atomic mass is 9.89. The van der Waals surface area contributed by atoms with E-state index in [1.807, 2.05) is 39.0 Å². The van der Waals surface area contributed by atoms with E-state index in [0.29, 0.717) is 5.56 Å². The monoisotopic (exact) mass is 281 g/mol. The zero-order valence-electron chi connectivity index (χ0n) is 12.1. The highest BCUT2D eigenvalue weighted by Crippen LogP contribution is 2.20. The molecule has 4 heteroatoms. The molecule has 1 aromatic carbocycles. The van der Waals surface area contributed by atoms with Crippen molar-refractivity contribution in [3.63, 3.8) is 0 Å². The number of carbonyl (C=O) groups excluding carboxylic acids is 1. The number of aliphatic hydroxyl groups is 1. The third kappa shape index (κ3) is 5.25. The minimum Gasteiger partial charge on any atom is -0.391 e. The summed E-state index contributed by atoms with van der Waals surface area (Å²) in [4.78, 5) is 13.1. The van der Waals surface area contributed by atoms with Crippen molar-refractivity contribution in [3.8, 4) is 0 Å². The van der Waals surface area contributed by atoms with Crippen LogP contribution < -0.4 is 5.32 Å². The summed E-state index contributed by atoms with van der Waals surface area (Å²) in [6.07, 6.45) is -0.551. The molecule has 0 aliphatic rings. The van der Waals surface area contributed by atoms with Gasteiger partial charge in [-0.05, 0) is 29.4 Å². The SMILES string of the molecule is CCSc1cccc(C(=O)NCC(O)C(C)(C)C)c1. The minimum atomic E-state index is -0.551. The van der Waals surface area contributed by atoms with Gasteiger partial charge in [0.25, 0.3) is 5.91 Å². The lowest BCUT2D eigenvalue weighted by Gasteiger charge is -2.25. The summed E-state index contributed by atoms with van der Waals surface area (Å²) in [7, 11) is 0. The smallest absolute Gasteiger partial charge is 0.251 e. The van der Waals surface area contributed by atoms with Gasteiger partial charge in [0, 0.05) is 17.0 Å². The normalized spacial score (nSPS) is 13.1. The molecule has 0 radical (unpaired) electrons. The molecule has 1 unspecified atom stereocenters. The fourth-order valence-electron chi connectivity index (χ4n) is 1.49. The van der Waals surface area contributed by atoms with Crippen LogP contribution in [-0.2, 0) is 0 Å². The summed E-state index contributed by atoms with van der Waals surface area (Å²) in [6, 6.07) is 7.55. The zero-order valence-corrected chi connectivity index (χ0v) is 12.9. The van der Waals surface area contributed by atoms with E-state index in [0.717, 1.165) is 10.6 Å². The zero-order chi connectivity index (χ0) is 14.5. The van der Waals surface area contributed by atoms with Gasteiger partial charge in [0.2, 0.25) is 0 Å². The average molecular weight is 281 g/mol. The van der Waals surface area contributed by atoms with Gasteiger partial charge in [-0.1, -0.05) is 33.8 Å². The lowest BCUT2D eigenvalue weighted by Crippen LogP contribution is -2.39. The molecule has 106 valence electrons. The molecular formula is C15H23NO2S. The molecule has 2 N–H and O–H groups in total. The quantitative estimate of drug-likeness (QED) is 0.816. The molecule has 0 aliphatic heterocycles. The molecule has 1 amide bonds. The van der Waals surface area contributed by atoms with Crippen molar-refractivity contribution in [1.82, 2.24) is 5.32 Å². The molecular weight excluding hydrogens is 258 g/mol. The largest absolute Gasteiger partial charge is 0.391 e. The van der Waals surface area contributed by atoms with Crippen LogP contribution in [0, 0.1) is 5.41 Å². The van der Waals surface area contributed by atoms with E-state index in [2.05, 4.69) is 12.2 Å². The number of amides is 1. The van der Waals surface area contributed by atoms with E-state index in [1.165, 1.54) is 0 Å². The Labute approximate surface area is 119 Å². The first-order chi connectivity index (χ1) is 8.84. The first-order valence-electron chi connectivity index (χ1n) is 6.53. The highest BCUT2D eigenvalue weighted by atomic mass is 32.2. The minimum absolute atomic E-state index is 0.137. The summed E-state index contributed by atoms with van der Waals surface area (Å²) in [6.45, 7) is 8.19. The van der Waals surface area contributed by atoms with Crippen molar-refractivity contribution < 1.29 is 9.90 Å². The van der Waals surface area contributed by atoms with E-state index < -0.39 is 6.10 Å². The van der Waals surface area contributed by atoms with Gasteiger partial charge < -0.3 is 10.4 Å². The molecule has 1 aromatic rings. The predicted octanol–water partition coefficient (Wildman–Crippen LogP) is 2.94. The van der Waals surface area contributed by atoms with Crippen LogP contribution in [0.2, 0.25) is 0 Å². The molecule has 19 heavy (non-hydrogen) atoms. The molecule has 0 spiro atoms. The molecule has 3 nitrogen and oxygen atoms in total. The summed E-state index contributed by atoms with van der Waals surface area (Å²) in [5.74, 6) is 0.843. The highest BCUT2D eigenvalue weighted by Gasteiger charge is 2.22. The number of hydrogen-bond donors (Lipinski definition) is 2. The van der Waals surface area contributed by atoms with Crippen molar-refractivity contribution in [2.45, 2.75) is 38.7 Å². The Bertz CT molecular complexity index is 426. The van der Waals surface area contributed by atoms with Gasteiger partial charge in [0.05, 0.1) is 6.10 Å². The van der Waals surface area contributed by atoms with Crippen LogP contribution >= 0.6 is 11.8 Å². The van der Waals surface area contributed by atoms with Crippen molar-refractivity contribution in [2.24, 2.45) is 5.41 Å². The molecule has 0 bridgehead atoms. The van der Waals surface area contributed by atoms with Gasteiger partial charge in [-0.25, -0.2) is 0 Å². The number of thioether (sulfide) groups is 1. The standard InChI is InChI=1S/C15H23NO2S/c1-5-19-12-8-6-7-11(9-12)14(18)16-10-13(17)15(2,3)4/h6-9,13,17H,5,10H2,1-4H3,(H,16,18). The summed E-state index contributed by atoms with van der Waals surface area (Å²) < 4.78 is 0. The van der Waals surface area contributed by atoms with Crippen LogP contribution in [-0.4, -0.2) is 29.4 Å². The summed E-state index contributed by atoms with van der Waals surface area (Å²) in [5, 5.41) is 12.7. The third-order valence-electron chi connectivity index (χ3n) is 2.86. The number of hydrogen-bond acceptors (Lipinski definition) is 3. The molecule has 0 saturated carbocycles. The maximum atomic E-state index is 12.0. The third-order valence-corrected chi connectivity index (χ3v) is 3.74. The molecule has 0 fully saturated rings. The van der Waals surface area contributed by atoms with Crippen molar-refractivity contribution in [3.05, 3.63) is 29.8 Å². The van der Waals surface area contributed by atoms with Crippen LogP contribution in [0.15, 0.2) is 29.2 Å². The molecule has 1 atom stereocenters. The number of rotatable bonds is 5. The lowest BCUT2D eigenvalue weighted by molar-refractivity contribution is 0.0587. The van der Waals surface area contributed by atoms with Crippen LogP contribution in [0.25, 0.3) is 0 Å². The van der Waals surface area contributed by atoms with Crippen LogP contribution in [0.5, 0.6) is 0 Å². The van der Waals surface area contributed by atoms with Gasteiger partial charge >= 0.3 is 0 Å². The number of aliphatic hydroxyl groups excluding tert-OH is 1. The van der Waals surface area contributed by atoms with Crippen LogP contribution in [0.4, 0.5) is 0 Å². The Morgan fingerprint density at radius 3 is 2.68 bits per heavy atom. The first-order valence-corrected chi connectivity index (χ1v) is 7.52. The summed E-state index contributed by atoms with van der Waals surface area (Å²) in [5.41, 5.74) is 0.410. The molecule has 0 aliphatic carbocycles. The molecule has 0 aromatic heterocycles. The van der Waals surface area contributed by atoms with Crippen molar-refractivity contribution in [1.29, 1.82) is 0 Å². The molecule has 1 rings (SSSR count). The van der Waals surface area contributed by atoms with Crippen LogP contribution in [0.1, 0.15) is 38.1 Å². The second-order valence-corrected chi connectivity index (χ2v) is 6.89. The van der Waals surface area contributed by atoms with E-state index in [4.69, 9.17) is 0 Å². The van der Waals surface area contributed by atoms with Crippen molar-refractivity contribution >= 4 is 17.7 Å². The Morgan fingerprint density at radius 1 is 1.42 bits per heavy atom. The van der Waals surface area contributed by atoms with E-state index in [-0.39, 0.29) is 17.9 Å². The Morgan fingerprint density at radius 2 is 2.11 bits per heavy atom. The second-order valence-electron chi connectivity index (χ2n) is 5.55. The first kappa shape index (κ1) is 16.1. The fraction of sp³-hybridized carbons (Fsp3) is 0.533. The van der Waals surface area contributed by atoms with E-state index in [1.54, 1.807) is 17.8 Å². The number of benzene rings is 1. The Hall–Kier alpha value is -1.00. The molecule has 0 heterocycles. The van der Waals surface area contributed by atoms with Gasteiger partial charge in [-0.2, -0.15) is 0 Å². The Balaban J connectivity index is 2.61. The predicted molar refractivity (Wildman–Crippen MR) is 80.6 cm³/mol. The van der Waals surface area contributed by atoms with Gasteiger partial charge in [0.15, 0.2) is 0 Å². The fourth-order valence-corrected chi connectivity index (χ4v) is 2.21.